The van der Waals surface area contributed by atoms with Crippen LogP contribution in [0.15, 0.2) is 23.1 Å². The maximum absolute atomic E-state index is 12.6. The Morgan fingerprint density at radius 2 is 1.85 bits per heavy atom. The van der Waals surface area contributed by atoms with Crippen LogP contribution in [0.3, 0.4) is 0 Å². The van der Waals surface area contributed by atoms with Gasteiger partial charge in [0.05, 0.1) is 17.1 Å². The molecule has 0 spiro atoms. The highest BCUT2D eigenvalue weighted by Crippen LogP contribution is 2.38. The molecule has 7 nitrogen and oxygen atoms in total. The minimum atomic E-state index is -3.56. The molecule has 0 radical (unpaired) electrons. The van der Waals surface area contributed by atoms with Crippen molar-refractivity contribution in [3.8, 4) is 0 Å². The minimum absolute atomic E-state index is 0.0467. The number of rotatable bonds is 7. The number of hydrogen-bond acceptors (Lipinski definition) is 6. The Bertz CT molecular complexity index is 798. The van der Waals surface area contributed by atoms with Gasteiger partial charge in [0.25, 0.3) is 0 Å². The Labute approximate surface area is 160 Å². The molecule has 0 heterocycles. The highest BCUT2D eigenvalue weighted by Gasteiger charge is 2.33. The molecule has 1 aliphatic rings. The van der Waals surface area contributed by atoms with E-state index in [-0.39, 0.29) is 40.5 Å². The van der Waals surface area contributed by atoms with Gasteiger partial charge < -0.3 is 15.8 Å². The zero-order valence-corrected chi connectivity index (χ0v) is 16.7. The van der Waals surface area contributed by atoms with Gasteiger partial charge in [-0.1, -0.05) is 19.3 Å². The van der Waals surface area contributed by atoms with E-state index in [2.05, 4.69) is 5.32 Å². The van der Waals surface area contributed by atoms with Crippen LogP contribution >= 0.6 is 0 Å². The summed E-state index contributed by atoms with van der Waals surface area (Å²) >= 11 is 0. The fourth-order valence-electron chi connectivity index (χ4n) is 3.52. The number of benzene rings is 1. The fourth-order valence-corrected chi connectivity index (χ4v) is 4.20. The largest absolute Gasteiger partial charge is 0.462 e. The predicted molar refractivity (Wildman–Crippen MR) is 103 cm³/mol. The summed E-state index contributed by atoms with van der Waals surface area (Å²) in [6.07, 6.45) is 6.42. The molecule has 3 N–H and O–H groups in total. The van der Waals surface area contributed by atoms with Crippen molar-refractivity contribution in [2.75, 3.05) is 24.7 Å². The van der Waals surface area contributed by atoms with E-state index in [4.69, 9.17) is 10.5 Å². The lowest BCUT2D eigenvalue weighted by Crippen LogP contribution is -2.36. The molecule has 1 aromatic rings. The van der Waals surface area contributed by atoms with Crippen LogP contribution in [-0.2, 0) is 19.4 Å². The predicted octanol–water partition coefficient (Wildman–Crippen LogP) is 2.50. The second-order valence-corrected chi connectivity index (χ2v) is 9.24. The van der Waals surface area contributed by atoms with E-state index in [1.54, 1.807) is 6.92 Å². The number of ether oxygens (including phenoxy) is 1. The van der Waals surface area contributed by atoms with Crippen LogP contribution in [0.4, 0.5) is 5.69 Å². The number of anilines is 1. The van der Waals surface area contributed by atoms with Crippen LogP contribution in [0.2, 0.25) is 0 Å². The molecule has 0 bridgehead atoms. The summed E-state index contributed by atoms with van der Waals surface area (Å²) in [5.41, 5.74) is 6.07. The molecule has 1 fully saturated rings. The van der Waals surface area contributed by atoms with Gasteiger partial charge in [-0.05, 0) is 49.9 Å². The van der Waals surface area contributed by atoms with Gasteiger partial charge in [-0.2, -0.15) is 0 Å². The van der Waals surface area contributed by atoms with Gasteiger partial charge in [-0.3, -0.25) is 4.79 Å². The fraction of sp³-hybridized carbons (Fsp3) is 0.579. The van der Waals surface area contributed by atoms with Crippen LogP contribution in [-0.4, -0.2) is 39.7 Å². The molecule has 27 heavy (non-hydrogen) atoms. The molecule has 1 saturated carbocycles. The average molecular weight is 397 g/mol. The lowest BCUT2D eigenvalue weighted by atomic mass is 9.71. The first-order valence-electron chi connectivity index (χ1n) is 9.21. The number of esters is 1. The van der Waals surface area contributed by atoms with Crippen molar-refractivity contribution >= 4 is 27.4 Å². The Morgan fingerprint density at radius 3 is 2.41 bits per heavy atom. The second-order valence-electron chi connectivity index (χ2n) is 7.23. The Morgan fingerprint density at radius 1 is 1.19 bits per heavy atom. The number of hydrogen-bond donors (Lipinski definition) is 2. The van der Waals surface area contributed by atoms with Crippen molar-refractivity contribution in [3.63, 3.8) is 0 Å². The van der Waals surface area contributed by atoms with Gasteiger partial charge in [0, 0.05) is 18.4 Å². The maximum atomic E-state index is 12.6. The van der Waals surface area contributed by atoms with Crippen LogP contribution < -0.4 is 11.1 Å². The van der Waals surface area contributed by atoms with Gasteiger partial charge in [-0.15, -0.1) is 0 Å². The molecule has 2 rings (SSSR count). The van der Waals surface area contributed by atoms with Gasteiger partial charge >= 0.3 is 5.97 Å². The van der Waals surface area contributed by atoms with Crippen LogP contribution in [0.25, 0.3) is 0 Å². The van der Waals surface area contributed by atoms with E-state index in [0.717, 1.165) is 38.4 Å². The number of carbonyl (C=O) groups excluding carboxylic acids is 2. The lowest BCUT2D eigenvalue weighted by molar-refractivity contribution is -0.118. The molecule has 0 unspecified atom stereocenters. The lowest BCUT2D eigenvalue weighted by Gasteiger charge is -2.35. The van der Waals surface area contributed by atoms with Crippen LogP contribution in [0.5, 0.6) is 0 Å². The van der Waals surface area contributed by atoms with E-state index in [9.17, 15) is 18.0 Å². The molecule has 0 saturated heterocycles. The summed E-state index contributed by atoms with van der Waals surface area (Å²) in [5.74, 6) is -0.869. The molecule has 1 aromatic carbocycles. The molecular weight excluding hydrogens is 368 g/mol. The van der Waals surface area contributed by atoms with Crippen molar-refractivity contribution in [2.45, 2.75) is 50.3 Å². The summed E-state index contributed by atoms with van der Waals surface area (Å²) in [7, 11) is -3.56. The van der Waals surface area contributed by atoms with Gasteiger partial charge in [0.2, 0.25) is 5.91 Å². The topological polar surface area (TPSA) is 116 Å². The summed E-state index contributed by atoms with van der Waals surface area (Å²) < 4.78 is 28.8. The first-order chi connectivity index (χ1) is 12.7. The first-order valence-corrected chi connectivity index (χ1v) is 11.1. The molecule has 1 aliphatic carbocycles. The quantitative estimate of drug-likeness (QED) is 0.684. The zero-order chi connectivity index (χ0) is 20.1. The van der Waals surface area contributed by atoms with Crippen molar-refractivity contribution < 1.29 is 22.7 Å². The normalized spacial score (nSPS) is 16.6. The summed E-state index contributed by atoms with van der Waals surface area (Å²) in [6, 6.07) is 4.04. The Kier molecular flexibility index (Phi) is 7.00. The summed E-state index contributed by atoms with van der Waals surface area (Å²) in [6.45, 7) is 2.28. The minimum Gasteiger partial charge on any atom is -0.462 e. The zero-order valence-electron chi connectivity index (χ0n) is 15.9. The number of nitrogens with one attached hydrogen (secondary N) is 1. The van der Waals surface area contributed by atoms with Crippen molar-refractivity contribution in [3.05, 3.63) is 23.8 Å². The number of amides is 1. The van der Waals surface area contributed by atoms with Crippen LogP contribution in [0.1, 0.15) is 55.8 Å². The Balaban J connectivity index is 2.24. The highest BCUT2D eigenvalue weighted by molar-refractivity contribution is 7.90. The number of nitrogens with two attached hydrogens (primary N) is 1. The third-order valence-corrected chi connectivity index (χ3v) is 6.10. The summed E-state index contributed by atoms with van der Waals surface area (Å²) in [4.78, 5) is 24.6. The second kappa shape index (κ2) is 8.84. The van der Waals surface area contributed by atoms with Crippen molar-refractivity contribution in [1.82, 2.24) is 0 Å². The summed E-state index contributed by atoms with van der Waals surface area (Å²) in [5, 5.41) is 2.73. The van der Waals surface area contributed by atoms with E-state index >= 15 is 0 Å². The Hall–Kier alpha value is -1.93. The van der Waals surface area contributed by atoms with E-state index in [1.165, 1.54) is 18.2 Å². The monoisotopic (exact) mass is 396 g/mol. The van der Waals surface area contributed by atoms with Gasteiger partial charge in [0.1, 0.15) is 0 Å². The third kappa shape index (κ3) is 5.77. The van der Waals surface area contributed by atoms with E-state index in [0.29, 0.717) is 6.54 Å². The van der Waals surface area contributed by atoms with Gasteiger partial charge in [-0.25, -0.2) is 13.2 Å². The smallest absolute Gasteiger partial charge is 0.338 e. The molecule has 150 valence electrons. The standard InChI is InChI=1S/C19H28N2O5S/c1-3-26-18(23)14-9-15(11-16(10-14)27(2,24)25)21-17(22)12-19(13-20)7-5-4-6-8-19/h9-11H,3-8,12-13,20H2,1-2H3,(H,21,22). The molecule has 0 aromatic heterocycles. The molecule has 0 aliphatic heterocycles. The molecule has 0 atom stereocenters. The highest BCUT2D eigenvalue weighted by atomic mass is 32.2. The molecule has 1 amide bonds. The molecule has 8 heteroatoms. The number of sulfone groups is 1. The van der Waals surface area contributed by atoms with Crippen LogP contribution in [0, 0.1) is 5.41 Å². The molecular formula is C19H28N2O5S. The van der Waals surface area contributed by atoms with E-state index in [1.807, 2.05) is 0 Å². The van der Waals surface area contributed by atoms with Crippen molar-refractivity contribution in [2.24, 2.45) is 11.1 Å². The average Bonchev–Trinajstić information content (AvgIpc) is 2.61. The maximum Gasteiger partial charge on any atom is 0.338 e. The SMILES string of the molecule is CCOC(=O)c1cc(NC(=O)CC2(CN)CCCCC2)cc(S(C)(=O)=O)c1. The first kappa shape index (κ1) is 21.4. The van der Waals surface area contributed by atoms with Crippen molar-refractivity contribution in [1.29, 1.82) is 0 Å². The third-order valence-electron chi connectivity index (χ3n) is 5.01. The van der Waals surface area contributed by atoms with E-state index < -0.39 is 15.8 Å². The van der Waals surface area contributed by atoms with Gasteiger partial charge in [0.15, 0.2) is 9.84 Å². The number of carbonyl (C=O) groups is 2.